The van der Waals surface area contributed by atoms with Crippen molar-refractivity contribution in [2.24, 2.45) is 0 Å². The predicted molar refractivity (Wildman–Crippen MR) is 81.5 cm³/mol. The summed E-state index contributed by atoms with van der Waals surface area (Å²) in [6.07, 6.45) is 1.37. The normalized spacial score (nSPS) is 16.0. The quantitative estimate of drug-likeness (QED) is 0.704. The average Bonchev–Trinajstić information content (AvgIpc) is 3.06. The molecule has 4 rings (SSSR count). The van der Waals surface area contributed by atoms with Gasteiger partial charge in [-0.3, -0.25) is 4.79 Å². The van der Waals surface area contributed by atoms with E-state index in [0.29, 0.717) is 11.3 Å². The molecule has 116 valence electrons. The highest BCUT2D eigenvalue weighted by Crippen LogP contribution is 2.36. The molecular formula is C14H9ClN4O3S. The minimum absolute atomic E-state index is 0.0392. The van der Waals surface area contributed by atoms with E-state index in [-0.39, 0.29) is 22.0 Å². The Balaban J connectivity index is 1.84. The Morgan fingerprint density at radius 1 is 1.13 bits per heavy atom. The van der Waals surface area contributed by atoms with Crippen LogP contribution in [0, 0.1) is 0 Å². The smallest absolute Gasteiger partial charge is 0.268 e. The molecular weight excluding hydrogens is 340 g/mol. The van der Waals surface area contributed by atoms with E-state index in [0.717, 1.165) is 4.31 Å². The van der Waals surface area contributed by atoms with E-state index in [9.17, 15) is 13.2 Å². The van der Waals surface area contributed by atoms with Crippen LogP contribution in [0.25, 0.3) is 5.65 Å². The molecule has 2 aromatic heterocycles. The van der Waals surface area contributed by atoms with Gasteiger partial charge in [0.05, 0.1) is 22.8 Å². The number of rotatable bonds is 2. The van der Waals surface area contributed by atoms with Gasteiger partial charge >= 0.3 is 0 Å². The van der Waals surface area contributed by atoms with Crippen LogP contribution in [0.15, 0.2) is 47.6 Å². The predicted octanol–water partition coefficient (Wildman–Crippen LogP) is 1.73. The van der Waals surface area contributed by atoms with E-state index < -0.39 is 15.9 Å². The summed E-state index contributed by atoms with van der Waals surface area (Å²) in [7, 11) is -3.99. The van der Waals surface area contributed by atoms with Crippen molar-refractivity contribution in [3.8, 4) is 0 Å². The number of sulfonamides is 1. The summed E-state index contributed by atoms with van der Waals surface area (Å²) in [5.74, 6) is -0.598. The molecule has 0 aliphatic carbocycles. The Bertz CT molecular complexity index is 1060. The standard InChI is InChI=1S/C14H9ClN4O3S/c15-11-5-2-4-10-13(11)23(21,22)18(14(10)20)7-9-3-1-6-12-16-8-17-19(9)12/h1-6,8H,7H2. The highest BCUT2D eigenvalue weighted by molar-refractivity contribution is 7.90. The van der Waals surface area contributed by atoms with Gasteiger partial charge in [-0.05, 0) is 24.3 Å². The first-order chi connectivity index (χ1) is 11.0. The van der Waals surface area contributed by atoms with E-state index in [1.807, 2.05) is 0 Å². The Kier molecular flexibility index (Phi) is 2.94. The molecule has 3 heterocycles. The molecule has 7 nitrogen and oxygen atoms in total. The average molecular weight is 349 g/mol. The zero-order valence-corrected chi connectivity index (χ0v) is 13.1. The molecule has 0 fully saturated rings. The van der Waals surface area contributed by atoms with E-state index >= 15 is 0 Å². The SMILES string of the molecule is O=C1c2cccc(Cl)c2S(=O)(=O)N1Cc1cccc2ncnn12. The molecule has 0 unspecified atom stereocenters. The molecule has 0 radical (unpaired) electrons. The van der Waals surface area contributed by atoms with Gasteiger partial charge in [0.15, 0.2) is 5.65 Å². The number of aromatic nitrogens is 3. The number of amides is 1. The van der Waals surface area contributed by atoms with Gasteiger partial charge in [-0.1, -0.05) is 23.7 Å². The van der Waals surface area contributed by atoms with E-state index in [2.05, 4.69) is 10.1 Å². The molecule has 0 atom stereocenters. The fourth-order valence-corrected chi connectivity index (χ4v) is 4.67. The molecule has 0 saturated carbocycles. The molecule has 0 N–H and O–H groups in total. The topological polar surface area (TPSA) is 84.6 Å². The molecule has 23 heavy (non-hydrogen) atoms. The maximum absolute atomic E-state index is 12.7. The van der Waals surface area contributed by atoms with Gasteiger partial charge in [-0.25, -0.2) is 22.2 Å². The maximum Gasteiger partial charge on any atom is 0.269 e. The van der Waals surface area contributed by atoms with Gasteiger partial charge in [0.1, 0.15) is 11.2 Å². The second kappa shape index (κ2) is 4.77. The van der Waals surface area contributed by atoms with Crippen LogP contribution in [0.1, 0.15) is 16.1 Å². The monoisotopic (exact) mass is 348 g/mol. The lowest BCUT2D eigenvalue weighted by Gasteiger charge is -2.15. The summed E-state index contributed by atoms with van der Waals surface area (Å²) in [6.45, 7) is -0.146. The van der Waals surface area contributed by atoms with Gasteiger partial charge in [-0.2, -0.15) is 5.10 Å². The largest absolute Gasteiger partial charge is 0.269 e. The zero-order chi connectivity index (χ0) is 16.2. The van der Waals surface area contributed by atoms with Crippen LogP contribution in [-0.4, -0.2) is 33.2 Å². The second-order valence-electron chi connectivity index (χ2n) is 4.98. The maximum atomic E-state index is 12.7. The van der Waals surface area contributed by atoms with Crippen LogP contribution in [0.5, 0.6) is 0 Å². The van der Waals surface area contributed by atoms with Gasteiger partial charge in [0.2, 0.25) is 0 Å². The minimum atomic E-state index is -3.99. The third kappa shape index (κ3) is 1.95. The van der Waals surface area contributed by atoms with Crippen molar-refractivity contribution in [3.05, 3.63) is 59.0 Å². The zero-order valence-electron chi connectivity index (χ0n) is 11.5. The summed E-state index contributed by atoms with van der Waals surface area (Å²) in [5, 5.41) is 4.09. The summed E-state index contributed by atoms with van der Waals surface area (Å²) in [5.41, 5.74) is 1.19. The highest BCUT2D eigenvalue weighted by atomic mass is 35.5. The third-order valence-corrected chi connectivity index (χ3v) is 5.92. The third-order valence-electron chi connectivity index (χ3n) is 3.66. The molecule has 1 amide bonds. The molecule has 0 bridgehead atoms. The Labute approximate surface area is 136 Å². The minimum Gasteiger partial charge on any atom is -0.268 e. The number of hydrogen-bond acceptors (Lipinski definition) is 5. The molecule has 0 saturated heterocycles. The van der Waals surface area contributed by atoms with Crippen molar-refractivity contribution in [1.82, 2.24) is 18.9 Å². The van der Waals surface area contributed by atoms with Crippen LogP contribution in [-0.2, 0) is 16.6 Å². The number of carbonyl (C=O) groups excluding carboxylic acids is 1. The van der Waals surface area contributed by atoms with Crippen molar-refractivity contribution >= 4 is 33.2 Å². The lowest BCUT2D eigenvalue weighted by atomic mass is 10.2. The summed E-state index contributed by atoms with van der Waals surface area (Å²) in [6, 6.07) is 9.62. The summed E-state index contributed by atoms with van der Waals surface area (Å²) < 4.78 is 27.6. The van der Waals surface area contributed by atoms with Gasteiger partial charge in [-0.15, -0.1) is 0 Å². The number of fused-ring (bicyclic) bond motifs is 2. The van der Waals surface area contributed by atoms with E-state index in [1.165, 1.54) is 23.0 Å². The number of pyridine rings is 1. The van der Waals surface area contributed by atoms with Crippen molar-refractivity contribution in [2.75, 3.05) is 0 Å². The van der Waals surface area contributed by atoms with Gasteiger partial charge in [0.25, 0.3) is 15.9 Å². The fourth-order valence-electron chi connectivity index (χ4n) is 2.62. The van der Waals surface area contributed by atoms with Gasteiger partial charge < -0.3 is 0 Å². The van der Waals surface area contributed by atoms with Crippen molar-refractivity contribution < 1.29 is 13.2 Å². The summed E-state index contributed by atoms with van der Waals surface area (Å²) in [4.78, 5) is 16.4. The summed E-state index contributed by atoms with van der Waals surface area (Å²) >= 11 is 5.98. The van der Waals surface area contributed by atoms with Crippen LogP contribution in [0.3, 0.4) is 0 Å². The molecule has 1 aliphatic rings. The Morgan fingerprint density at radius 2 is 1.91 bits per heavy atom. The molecule has 1 aliphatic heterocycles. The Morgan fingerprint density at radius 3 is 2.70 bits per heavy atom. The lowest BCUT2D eigenvalue weighted by Crippen LogP contribution is -2.30. The van der Waals surface area contributed by atoms with Crippen molar-refractivity contribution in [3.63, 3.8) is 0 Å². The first-order valence-corrected chi connectivity index (χ1v) is 8.45. The van der Waals surface area contributed by atoms with Crippen LogP contribution < -0.4 is 0 Å². The number of hydrogen-bond donors (Lipinski definition) is 0. The number of benzene rings is 1. The Hall–Kier alpha value is -2.45. The molecule has 1 aromatic carbocycles. The number of nitrogens with zero attached hydrogens (tertiary/aromatic N) is 4. The lowest BCUT2D eigenvalue weighted by molar-refractivity contribution is 0.0863. The van der Waals surface area contributed by atoms with E-state index in [1.54, 1.807) is 24.3 Å². The fraction of sp³-hybridized carbons (Fsp3) is 0.0714. The van der Waals surface area contributed by atoms with Crippen molar-refractivity contribution in [2.45, 2.75) is 11.4 Å². The molecule has 0 spiro atoms. The van der Waals surface area contributed by atoms with Crippen LogP contribution in [0.4, 0.5) is 0 Å². The first-order valence-electron chi connectivity index (χ1n) is 6.63. The van der Waals surface area contributed by atoms with Gasteiger partial charge in [0, 0.05) is 0 Å². The molecule has 9 heteroatoms. The van der Waals surface area contributed by atoms with Crippen LogP contribution in [0.2, 0.25) is 5.02 Å². The van der Waals surface area contributed by atoms with E-state index in [4.69, 9.17) is 11.6 Å². The molecule has 3 aromatic rings. The van der Waals surface area contributed by atoms with Crippen LogP contribution >= 0.6 is 11.6 Å². The first kappa shape index (κ1) is 14.2. The highest BCUT2D eigenvalue weighted by Gasteiger charge is 2.43. The second-order valence-corrected chi connectivity index (χ2v) is 7.19. The van der Waals surface area contributed by atoms with Crippen molar-refractivity contribution in [1.29, 1.82) is 0 Å². The number of halogens is 1. The number of carbonyl (C=O) groups is 1.